The van der Waals surface area contributed by atoms with Gasteiger partial charge in [-0.1, -0.05) is 26.8 Å². The van der Waals surface area contributed by atoms with Crippen LogP contribution in [0.15, 0.2) is 12.7 Å². The van der Waals surface area contributed by atoms with E-state index in [0.717, 1.165) is 19.5 Å². The topological polar surface area (TPSA) is 15.3 Å². The first-order chi connectivity index (χ1) is 7.13. The minimum absolute atomic E-state index is 0.648. The number of rotatable bonds is 9. The normalized spacial score (nSPS) is 13.5. The molecular formula is C13H28N2. The van der Waals surface area contributed by atoms with E-state index in [-0.39, 0.29) is 0 Å². The lowest BCUT2D eigenvalue weighted by Crippen LogP contribution is -2.43. The van der Waals surface area contributed by atoms with Crippen molar-refractivity contribution in [2.45, 2.75) is 39.7 Å². The van der Waals surface area contributed by atoms with E-state index in [9.17, 15) is 0 Å². The van der Waals surface area contributed by atoms with E-state index in [4.69, 9.17) is 0 Å². The molecule has 15 heavy (non-hydrogen) atoms. The molecule has 0 aliphatic carbocycles. The highest BCUT2D eigenvalue weighted by Gasteiger charge is 2.17. The average molecular weight is 212 g/mol. The van der Waals surface area contributed by atoms with Crippen molar-refractivity contribution >= 4 is 0 Å². The van der Waals surface area contributed by atoms with Crippen LogP contribution in [0.4, 0.5) is 0 Å². The molecule has 0 spiro atoms. The minimum Gasteiger partial charge on any atom is -0.315 e. The Morgan fingerprint density at radius 2 is 2.07 bits per heavy atom. The monoisotopic (exact) mass is 212 g/mol. The lowest BCUT2D eigenvalue weighted by Gasteiger charge is -2.31. The molecule has 1 atom stereocenters. The van der Waals surface area contributed by atoms with E-state index >= 15 is 0 Å². The zero-order chi connectivity index (χ0) is 11.7. The summed E-state index contributed by atoms with van der Waals surface area (Å²) in [4.78, 5) is 2.47. The SMILES string of the molecule is C=CCCCN(C)C(CNCC)C(C)C. The van der Waals surface area contributed by atoms with Gasteiger partial charge in [-0.2, -0.15) is 0 Å². The highest BCUT2D eigenvalue weighted by molar-refractivity contribution is 4.76. The third-order valence-corrected chi connectivity index (χ3v) is 2.86. The standard InChI is InChI=1S/C13H28N2/c1-6-8-9-10-15(5)13(12(3)4)11-14-7-2/h6,12-14H,1,7-11H2,2-5H3. The number of likely N-dealkylation sites (N-methyl/N-ethyl adjacent to an activating group) is 2. The Hall–Kier alpha value is -0.340. The zero-order valence-corrected chi connectivity index (χ0v) is 10.9. The Kier molecular flexibility index (Phi) is 8.73. The van der Waals surface area contributed by atoms with Crippen LogP contribution in [0.5, 0.6) is 0 Å². The molecule has 0 radical (unpaired) electrons. The maximum absolute atomic E-state index is 3.76. The molecule has 0 bridgehead atoms. The first kappa shape index (κ1) is 14.7. The second kappa shape index (κ2) is 8.93. The Balaban J connectivity index is 3.92. The number of unbranched alkanes of at least 4 members (excludes halogenated alkanes) is 1. The van der Waals surface area contributed by atoms with Crippen LogP contribution in [-0.4, -0.2) is 37.6 Å². The molecule has 0 saturated heterocycles. The van der Waals surface area contributed by atoms with Gasteiger partial charge in [0.1, 0.15) is 0 Å². The number of allylic oxidation sites excluding steroid dienone is 1. The molecular weight excluding hydrogens is 184 g/mol. The van der Waals surface area contributed by atoms with Gasteiger partial charge in [0.05, 0.1) is 0 Å². The van der Waals surface area contributed by atoms with Gasteiger partial charge in [0, 0.05) is 12.6 Å². The zero-order valence-electron chi connectivity index (χ0n) is 10.9. The van der Waals surface area contributed by atoms with Gasteiger partial charge in [-0.25, -0.2) is 0 Å². The summed E-state index contributed by atoms with van der Waals surface area (Å²) in [7, 11) is 2.23. The molecule has 0 aromatic heterocycles. The van der Waals surface area contributed by atoms with E-state index in [0.29, 0.717) is 12.0 Å². The van der Waals surface area contributed by atoms with E-state index in [1.165, 1.54) is 13.0 Å². The van der Waals surface area contributed by atoms with Crippen LogP contribution in [0.1, 0.15) is 33.6 Å². The summed E-state index contributed by atoms with van der Waals surface area (Å²) in [5, 5.41) is 3.44. The summed E-state index contributed by atoms with van der Waals surface area (Å²) in [6.07, 6.45) is 4.34. The molecule has 0 aromatic carbocycles. The van der Waals surface area contributed by atoms with Crippen LogP contribution >= 0.6 is 0 Å². The molecule has 0 heterocycles. The van der Waals surface area contributed by atoms with Crippen molar-refractivity contribution in [3.63, 3.8) is 0 Å². The van der Waals surface area contributed by atoms with Crippen molar-refractivity contribution in [2.24, 2.45) is 5.92 Å². The Bertz CT molecular complexity index is 155. The maximum atomic E-state index is 3.76. The molecule has 1 unspecified atom stereocenters. The van der Waals surface area contributed by atoms with Gasteiger partial charge in [0.15, 0.2) is 0 Å². The van der Waals surface area contributed by atoms with Crippen molar-refractivity contribution in [2.75, 3.05) is 26.7 Å². The molecule has 0 saturated carbocycles. The first-order valence-corrected chi connectivity index (χ1v) is 6.15. The third kappa shape index (κ3) is 6.69. The molecule has 1 N–H and O–H groups in total. The van der Waals surface area contributed by atoms with Crippen LogP contribution in [0.2, 0.25) is 0 Å². The van der Waals surface area contributed by atoms with Crippen LogP contribution in [0.3, 0.4) is 0 Å². The van der Waals surface area contributed by atoms with Crippen molar-refractivity contribution in [1.82, 2.24) is 10.2 Å². The van der Waals surface area contributed by atoms with E-state index in [1.807, 2.05) is 6.08 Å². The predicted octanol–water partition coefficient (Wildman–Crippen LogP) is 2.52. The van der Waals surface area contributed by atoms with Gasteiger partial charge < -0.3 is 10.2 Å². The van der Waals surface area contributed by atoms with Crippen LogP contribution < -0.4 is 5.32 Å². The molecule has 0 aromatic rings. The predicted molar refractivity (Wildman–Crippen MR) is 69.2 cm³/mol. The number of hydrogen-bond acceptors (Lipinski definition) is 2. The number of nitrogens with one attached hydrogen (secondary N) is 1. The first-order valence-electron chi connectivity index (χ1n) is 6.15. The van der Waals surface area contributed by atoms with Gasteiger partial charge in [0.25, 0.3) is 0 Å². The van der Waals surface area contributed by atoms with Gasteiger partial charge in [0.2, 0.25) is 0 Å². The van der Waals surface area contributed by atoms with Gasteiger partial charge in [-0.15, -0.1) is 6.58 Å². The maximum Gasteiger partial charge on any atom is 0.0240 e. The fraction of sp³-hybridized carbons (Fsp3) is 0.846. The molecule has 0 fully saturated rings. The van der Waals surface area contributed by atoms with Crippen molar-refractivity contribution in [3.05, 3.63) is 12.7 Å². The second-order valence-electron chi connectivity index (χ2n) is 4.53. The minimum atomic E-state index is 0.648. The van der Waals surface area contributed by atoms with E-state index in [2.05, 4.69) is 44.6 Å². The smallest absolute Gasteiger partial charge is 0.0240 e. The highest BCUT2D eigenvalue weighted by Crippen LogP contribution is 2.09. The molecule has 2 nitrogen and oxygen atoms in total. The molecule has 0 aliphatic rings. The quantitative estimate of drug-likeness (QED) is 0.467. The highest BCUT2D eigenvalue weighted by atomic mass is 15.1. The Morgan fingerprint density at radius 3 is 2.53 bits per heavy atom. The second-order valence-corrected chi connectivity index (χ2v) is 4.53. The number of nitrogens with zero attached hydrogens (tertiary/aromatic N) is 1. The largest absolute Gasteiger partial charge is 0.315 e. The Labute approximate surface area is 95.7 Å². The lowest BCUT2D eigenvalue weighted by molar-refractivity contribution is 0.186. The van der Waals surface area contributed by atoms with E-state index in [1.54, 1.807) is 0 Å². The van der Waals surface area contributed by atoms with Gasteiger partial charge >= 0.3 is 0 Å². The summed E-state index contributed by atoms with van der Waals surface area (Å²) in [6, 6.07) is 0.648. The van der Waals surface area contributed by atoms with E-state index < -0.39 is 0 Å². The van der Waals surface area contributed by atoms with Crippen molar-refractivity contribution in [1.29, 1.82) is 0 Å². The van der Waals surface area contributed by atoms with Crippen LogP contribution in [0, 0.1) is 5.92 Å². The number of hydrogen-bond donors (Lipinski definition) is 1. The van der Waals surface area contributed by atoms with Gasteiger partial charge in [-0.05, 0) is 38.9 Å². The van der Waals surface area contributed by atoms with Crippen LogP contribution in [0.25, 0.3) is 0 Å². The molecule has 0 rings (SSSR count). The fourth-order valence-electron chi connectivity index (χ4n) is 1.84. The third-order valence-electron chi connectivity index (χ3n) is 2.86. The summed E-state index contributed by atoms with van der Waals surface area (Å²) >= 11 is 0. The molecule has 90 valence electrons. The fourth-order valence-corrected chi connectivity index (χ4v) is 1.84. The molecule has 0 amide bonds. The lowest BCUT2D eigenvalue weighted by atomic mass is 10.0. The molecule has 0 aliphatic heterocycles. The Morgan fingerprint density at radius 1 is 1.40 bits per heavy atom. The van der Waals surface area contributed by atoms with Crippen molar-refractivity contribution < 1.29 is 0 Å². The molecule has 2 heteroatoms. The van der Waals surface area contributed by atoms with Gasteiger partial charge in [-0.3, -0.25) is 0 Å². The summed E-state index contributed by atoms with van der Waals surface area (Å²) < 4.78 is 0. The summed E-state index contributed by atoms with van der Waals surface area (Å²) in [6.45, 7) is 13.8. The summed E-state index contributed by atoms with van der Waals surface area (Å²) in [5.74, 6) is 0.706. The average Bonchev–Trinajstić information content (AvgIpc) is 2.18. The summed E-state index contributed by atoms with van der Waals surface area (Å²) in [5.41, 5.74) is 0. The van der Waals surface area contributed by atoms with Crippen molar-refractivity contribution in [3.8, 4) is 0 Å². The van der Waals surface area contributed by atoms with Crippen LogP contribution in [-0.2, 0) is 0 Å².